The standard InChI is InChI=1S/C18H25NO3S/c1-23(21,22)13-14-6-4-8-16(12-14)18(20)19-11-5-9-15-7-2-3-10-17(15)19/h4,6,8,12,15,17H,2-3,5,7,9-11,13H2,1H3/t15-,17-/m1/s1. The summed E-state index contributed by atoms with van der Waals surface area (Å²) in [7, 11) is -3.09. The molecule has 1 saturated carbocycles. The smallest absolute Gasteiger partial charge is 0.254 e. The van der Waals surface area contributed by atoms with Gasteiger partial charge in [-0.15, -0.1) is 0 Å². The minimum absolute atomic E-state index is 0.0137. The van der Waals surface area contributed by atoms with E-state index in [2.05, 4.69) is 0 Å². The van der Waals surface area contributed by atoms with Gasteiger partial charge in [0.05, 0.1) is 5.75 Å². The first-order valence-electron chi connectivity index (χ1n) is 8.52. The van der Waals surface area contributed by atoms with Crippen LogP contribution in [0.25, 0.3) is 0 Å². The molecule has 4 nitrogen and oxygen atoms in total. The first-order valence-corrected chi connectivity index (χ1v) is 10.6. The van der Waals surface area contributed by atoms with E-state index < -0.39 is 9.84 Å². The zero-order chi connectivity index (χ0) is 16.4. The molecule has 0 radical (unpaired) electrons. The van der Waals surface area contributed by atoms with Gasteiger partial charge in [0.15, 0.2) is 9.84 Å². The van der Waals surface area contributed by atoms with E-state index in [-0.39, 0.29) is 11.7 Å². The van der Waals surface area contributed by atoms with Crippen LogP contribution in [0.5, 0.6) is 0 Å². The monoisotopic (exact) mass is 335 g/mol. The number of amides is 1. The molecule has 1 aliphatic carbocycles. The van der Waals surface area contributed by atoms with Crippen molar-refractivity contribution in [3.8, 4) is 0 Å². The number of hydrogen-bond donors (Lipinski definition) is 0. The predicted molar refractivity (Wildman–Crippen MR) is 91.0 cm³/mol. The summed E-state index contributed by atoms with van der Waals surface area (Å²) >= 11 is 0. The first-order chi connectivity index (χ1) is 10.9. The molecule has 2 atom stereocenters. The normalized spacial score (nSPS) is 25.0. The third kappa shape index (κ3) is 3.94. The van der Waals surface area contributed by atoms with Crippen LogP contribution in [0.4, 0.5) is 0 Å². The van der Waals surface area contributed by atoms with Crippen LogP contribution >= 0.6 is 0 Å². The van der Waals surface area contributed by atoms with E-state index >= 15 is 0 Å². The zero-order valence-corrected chi connectivity index (χ0v) is 14.5. The highest BCUT2D eigenvalue weighted by molar-refractivity contribution is 7.89. The molecule has 126 valence electrons. The number of nitrogens with zero attached hydrogens (tertiary/aromatic N) is 1. The Morgan fingerprint density at radius 3 is 2.70 bits per heavy atom. The Bertz CT molecular complexity index is 681. The number of carbonyl (C=O) groups is 1. The lowest BCUT2D eigenvalue weighted by Crippen LogP contribution is -2.49. The Kier molecular flexibility index (Phi) is 4.76. The van der Waals surface area contributed by atoms with Gasteiger partial charge in [-0.05, 0) is 49.3 Å². The van der Waals surface area contributed by atoms with Crippen LogP contribution in [0, 0.1) is 5.92 Å². The lowest BCUT2D eigenvalue weighted by atomic mass is 9.78. The minimum Gasteiger partial charge on any atom is -0.335 e. The van der Waals surface area contributed by atoms with Crippen molar-refractivity contribution in [1.82, 2.24) is 4.90 Å². The Balaban J connectivity index is 1.80. The fraction of sp³-hybridized carbons (Fsp3) is 0.611. The maximum atomic E-state index is 12.9. The van der Waals surface area contributed by atoms with Crippen molar-refractivity contribution in [3.05, 3.63) is 35.4 Å². The molecule has 3 rings (SSSR count). The summed E-state index contributed by atoms with van der Waals surface area (Å²) in [5, 5.41) is 0. The van der Waals surface area contributed by atoms with Crippen molar-refractivity contribution in [2.24, 2.45) is 5.92 Å². The molecule has 1 aliphatic heterocycles. The maximum Gasteiger partial charge on any atom is 0.254 e. The molecule has 2 fully saturated rings. The van der Waals surface area contributed by atoms with Crippen molar-refractivity contribution >= 4 is 15.7 Å². The lowest BCUT2D eigenvalue weighted by Gasteiger charge is -2.44. The van der Waals surface area contributed by atoms with Crippen molar-refractivity contribution in [3.63, 3.8) is 0 Å². The SMILES string of the molecule is CS(=O)(=O)Cc1cccc(C(=O)N2CCC[C@H]3CCCC[C@H]32)c1. The van der Waals surface area contributed by atoms with Crippen LogP contribution in [0.3, 0.4) is 0 Å². The van der Waals surface area contributed by atoms with Gasteiger partial charge in [-0.2, -0.15) is 0 Å². The molecular weight excluding hydrogens is 310 g/mol. The molecule has 0 bridgehead atoms. The summed E-state index contributed by atoms with van der Waals surface area (Å²) in [6, 6.07) is 7.49. The highest BCUT2D eigenvalue weighted by Crippen LogP contribution is 2.35. The minimum atomic E-state index is -3.09. The van der Waals surface area contributed by atoms with Gasteiger partial charge in [-0.25, -0.2) is 8.42 Å². The van der Waals surface area contributed by atoms with Gasteiger partial charge >= 0.3 is 0 Å². The number of likely N-dealkylation sites (tertiary alicyclic amines) is 1. The first kappa shape index (κ1) is 16.5. The van der Waals surface area contributed by atoms with E-state index in [0.717, 1.165) is 19.4 Å². The molecule has 1 heterocycles. The molecule has 1 saturated heterocycles. The van der Waals surface area contributed by atoms with E-state index in [1.807, 2.05) is 4.90 Å². The molecule has 1 aromatic rings. The largest absolute Gasteiger partial charge is 0.335 e. The van der Waals surface area contributed by atoms with Gasteiger partial charge in [-0.1, -0.05) is 25.0 Å². The topological polar surface area (TPSA) is 54.5 Å². The van der Waals surface area contributed by atoms with Gasteiger partial charge in [0.2, 0.25) is 0 Å². The number of carbonyl (C=O) groups excluding carboxylic acids is 1. The molecule has 0 N–H and O–H groups in total. The molecule has 0 aromatic heterocycles. The summed E-state index contributed by atoms with van der Waals surface area (Å²) < 4.78 is 23.0. The van der Waals surface area contributed by atoms with Gasteiger partial charge in [0, 0.05) is 24.4 Å². The predicted octanol–water partition coefficient (Wildman–Crippen LogP) is 3.03. The van der Waals surface area contributed by atoms with Gasteiger partial charge in [-0.3, -0.25) is 4.79 Å². The fourth-order valence-corrected chi connectivity index (χ4v) is 4.92. The van der Waals surface area contributed by atoms with Crippen LogP contribution in [-0.2, 0) is 15.6 Å². The number of fused-ring (bicyclic) bond motifs is 1. The Morgan fingerprint density at radius 2 is 1.91 bits per heavy atom. The molecule has 2 aliphatic rings. The van der Waals surface area contributed by atoms with Crippen LogP contribution < -0.4 is 0 Å². The highest BCUT2D eigenvalue weighted by atomic mass is 32.2. The average Bonchev–Trinajstić information content (AvgIpc) is 2.52. The van der Waals surface area contributed by atoms with E-state index in [9.17, 15) is 13.2 Å². The van der Waals surface area contributed by atoms with Crippen molar-refractivity contribution < 1.29 is 13.2 Å². The van der Waals surface area contributed by atoms with Crippen molar-refractivity contribution in [2.75, 3.05) is 12.8 Å². The third-order valence-electron chi connectivity index (χ3n) is 5.11. The molecule has 23 heavy (non-hydrogen) atoms. The van der Waals surface area contributed by atoms with Crippen LogP contribution in [-0.4, -0.2) is 38.1 Å². The lowest BCUT2D eigenvalue weighted by molar-refractivity contribution is 0.0390. The van der Waals surface area contributed by atoms with Crippen molar-refractivity contribution in [1.29, 1.82) is 0 Å². The number of benzene rings is 1. The quantitative estimate of drug-likeness (QED) is 0.853. The van der Waals surface area contributed by atoms with E-state index in [0.29, 0.717) is 23.1 Å². The summed E-state index contributed by atoms with van der Waals surface area (Å²) in [6.07, 6.45) is 8.38. The van der Waals surface area contributed by atoms with Gasteiger partial charge in [0.1, 0.15) is 0 Å². The second-order valence-electron chi connectivity index (χ2n) is 7.02. The van der Waals surface area contributed by atoms with E-state index in [1.165, 1.54) is 31.9 Å². The maximum absolute atomic E-state index is 12.9. The number of piperidine rings is 1. The van der Waals surface area contributed by atoms with Crippen molar-refractivity contribution in [2.45, 2.75) is 50.3 Å². The number of sulfone groups is 1. The Hall–Kier alpha value is -1.36. The van der Waals surface area contributed by atoms with Crippen LogP contribution in [0.2, 0.25) is 0 Å². The molecule has 1 amide bonds. The molecule has 1 aromatic carbocycles. The van der Waals surface area contributed by atoms with Gasteiger partial charge in [0.25, 0.3) is 5.91 Å². The second-order valence-corrected chi connectivity index (χ2v) is 9.16. The fourth-order valence-electron chi connectivity index (χ4n) is 4.14. The summed E-state index contributed by atoms with van der Waals surface area (Å²) in [4.78, 5) is 15.0. The molecule has 0 spiro atoms. The molecule has 0 unspecified atom stereocenters. The summed E-state index contributed by atoms with van der Waals surface area (Å²) in [5.41, 5.74) is 1.31. The summed E-state index contributed by atoms with van der Waals surface area (Å²) in [6.45, 7) is 0.830. The third-order valence-corrected chi connectivity index (χ3v) is 5.96. The highest BCUT2D eigenvalue weighted by Gasteiger charge is 2.35. The Morgan fingerprint density at radius 1 is 1.17 bits per heavy atom. The number of rotatable bonds is 3. The number of hydrogen-bond acceptors (Lipinski definition) is 3. The zero-order valence-electron chi connectivity index (χ0n) is 13.7. The van der Waals surface area contributed by atoms with Gasteiger partial charge < -0.3 is 4.90 Å². The molecule has 5 heteroatoms. The molecular formula is C18H25NO3S. The van der Waals surface area contributed by atoms with Crippen LogP contribution in [0.1, 0.15) is 54.4 Å². The summed E-state index contributed by atoms with van der Waals surface area (Å²) in [5.74, 6) is 0.706. The van der Waals surface area contributed by atoms with Crippen LogP contribution in [0.15, 0.2) is 24.3 Å². The van der Waals surface area contributed by atoms with E-state index in [1.54, 1.807) is 24.3 Å². The Labute approximate surface area is 138 Å². The second kappa shape index (κ2) is 6.63. The van der Waals surface area contributed by atoms with E-state index in [4.69, 9.17) is 0 Å². The average molecular weight is 335 g/mol.